The van der Waals surface area contributed by atoms with Crippen LogP contribution >= 0.6 is 11.3 Å². The molecule has 0 aliphatic heterocycles. The second-order valence-electron chi connectivity index (χ2n) is 3.94. The van der Waals surface area contributed by atoms with E-state index in [1.54, 1.807) is 0 Å². The molecule has 2 aromatic heterocycles. The van der Waals surface area contributed by atoms with Crippen molar-refractivity contribution < 1.29 is 15.7 Å². The average Bonchev–Trinajstić information content (AvgIpc) is 2.85. The van der Waals surface area contributed by atoms with Crippen LogP contribution < -0.4 is 5.32 Å². The summed E-state index contributed by atoms with van der Waals surface area (Å²) in [5.74, 6) is 0. The summed E-state index contributed by atoms with van der Waals surface area (Å²) in [7, 11) is 0. The highest BCUT2D eigenvalue weighted by Gasteiger charge is 2.06. The maximum Gasteiger partial charge on any atom is 0.409 e. The Morgan fingerprint density at radius 1 is 1.67 bits per heavy atom. The number of fused-ring (bicyclic) bond motifs is 1. The molecule has 0 aliphatic carbocycles. The van der Waals surface area contributed by atoms with Crippen LogP contribution in [0.5, 0.6) is 0 Å². The molecule has 6 nitrogen and oxygen atoms in total. The van der Waals surface area contributed by atoms with E-state index in [9.17, 15) is 4.79 Å². The maximum absolute atomic E-state index is 11.3. The lowest BCUT2D eigenvalue weighted by molar-refractivity contribution is 0.0566. The first-order valence-electron chi connectivity index (χ1n) is 5.58. The van der Waals surface area contributed by atoms with Gasteiger partial charge in [0.2, 0.25) is 0 Å². The Balaban J connectivity index is 0.00000180. The van der Waals surface area contributed by atoms with Crippen molar-refractivity contribution in [2.24, 2.45) is 0 Å². The standard InChI is InChI=1S/C11H15N3O3S.H2/c1-8(2)17-7-12-11(15)16-6-9-5-14-3-4-18-10(14)13-9;/h3-5,8H,6-7H2,1-2H3,(H,12,15);1H. The van der Waals surface area contributed by atoms with Crippen molar-refractivity contribution in [2.45, 2.75) is 26.6 Å². The lowest BCUT2D eigenvalue weighted by Gasteiger charge is -2.08. The van der Waals surface area contributed by atoms with Crippen LogP contribution in [0.3, 0.4) is 0 Å². The predicted molar refractivity (Wildman–Crippen MR) is 69.6 cm³/mol. The second kappa shape index (κ2) is 5.83. The molecule has 0 fully saturated rings. The Kier molecular flexibility index (Phi) is 4.16. The van der Waals surface area contributed by atoms with Crippen LogP contribution in [0.2, 0.25) is 0 Å². The van der Waals surface area contributed by atoms with E-state index in [0.717, 1.165) is 10.7 Å². The summed E-state index contributed by atoms with van der Waals surface area (Å²) in [6.45, 7) is 4.09. The summed E-state index contributed by atoms with van der Waals surface area (Å²) in [5, 5.41) is 4.44. The third kappa shape index (κ3) is 3.44. The molecule has 1 N–H and O–H groups in total. The zero-order chi connectivity index (χ0) is 13.0. The number of carbonyl (C=O) groups is 1. The minimum Gasteiger partial charge on any atom is -0.443 e. The number of aromatic nitrogens is 2. The minimum atomic E-state index is -0.507. The van der Waals surface area contributed by atoms with Crippen LogP contribution in [0, 0.1) is 0 Å². The summed E-state index contributed by atoms with van der Waals surface area (Å²) in [5.41, 5.74) is 0.724. The van der Waals surface area contributed by atoms with Gasteiger partial charge in [-0.1, -0.05) is 0 Å². The van der Waals surface area contributed by atoms with E-state index in [-0.39, 0.29) is 20.9 Å². The van der Waals surface area contributed by atoms with Gasteiger partial charge in [0.15, 0.2) is 4.96 Å². The molecular formula is C11H17N3O3S. The number of rotatable bonds is 5. The number of carbonyl (C=O) groups excluding carboxylic acids is 1. The molecule has 0 unspecified atom stereocenters. The third-order valence-electron chi connectivity index (χ3n) is 2.13. The number of nitrogens with zero attached hydrogens (tertiary/aromatic N) is 2. The highest BCUT2D eigenvalue weighted by Crippen LogP contribution is 2.11. The summed E-state index contributed by atoms with van der Waals surface area (Å²) >= 11 is 1.54. The van der Waals surface area contributed by atoms with E-state index in [4.69, 9.17) is 9.47 Å². The molecule has 2 heterocycles. The normalized spacial score (nSPS) is 11.1. The van der Waals surface area contributed by atoms with Gasteiger partial charge in [-0.15, -0.1) is 11.3 Å². The summed E-state index contributed by atoms with van der Waals surface area (Å²) in [4.78, 5) is 16.5. The molecule has 100 valence electrons. The Morgan fingerprint density at radius 3 is 3.22 bits per heavy atom. The molecular weight excluding hydrogens is 254 g/mol. The maximum atomic E-state index is 11.3. The van der Waals surface area contributed by atoms with Gasteiger partial charge in [-0.25, -0.2) is 9.78 Å². The first-order valence-corrected chi connectivity index (χ1v) is 6.46. The number of ether oxygens (including phenoxy) is 2. The number of nitrogens with one attached hydrogen (secondary N) is 1. The predicted octanol–water partition coefficient (Wildman–Crippen LogP) is 2.25. The van der Waals surface area contributed by atoms with E-state index in [2.05, 4.69) is 10.3 Å². The number of amides is 1. The summed E-state index contributed by atoms with van der Waals surface area (Å²) in [6, 6.07) is 0. The van der Waals surface area contributed by atoms with Gasteiger partial charge in [0.05, 0.1) is 11.8 Å². The molecule has 2 rings (SSSR count). The monoisotopic (exact) mass is 271 g/mol. The fourth-order valence-electron chi connectivity index (χ4n) is 1.30. The van der Waals surface area contributed by atoms with Crippen molar-refractivity contribution in [2.75, 3.05) is 6.73 Å². The van der Waals surface area contributed by atoms with Gasteiger partial charge in [-0.2, -0.15) is 0 Å². The van der Waals surface area contributed by atoms with Crippen LogP contribution in [0.15, 0.2) is 17.8 Å². The Labute approximate surface area is 110 Å². The lowest BCUT2D eigenvalue weighted by Crippen LogP contribution is -2.28. The van der Waals surface area contributed by atoms with Crippen molar-refractivity contribution in [3.05, 3.63) is 23.5 Å². The van der Waals surface area contributed by atoms with Gasteiger partial charge in [-0.3, -0.25) is 9.72 Å². The fraction of sp³-hybridized carbons (Fsp3) is 0.455. The topological polar surface area (TPSA) is 64.9 Å². The van der Waals surface area contributed by atoms with E-state index < -0.39 is 6.09 Å². The van der Waals surface area contributed by atoms with Crippen molar-refractivity contribution in [3.8, 4) is 0 Å². The summed E-state index contributed by atoms with van der Waals surface area (Å²) < 4.78 is 12.1. The smallest absolute Gasteiger partial charge is 0.409 e. The SMILES string of the molecule is CC(C)OCNC(=O)OCc1cn2ccsc2n1.[HH]. The minimum absolute atomic E-state index is 0. The lowest BCUT2D eigenvalue weighted by atomic mass is 10.5. The van der Waals surface area contributed by atoms with Gasteiger partial charge in [-0.05, 0) is 13.8 Å². The first kappa shape index (κ1) is 12.8. The molecule has 0 atom stereocenters. The van der Waals surface area contributed by atoms with Crippen LogP contribution in [0.25, 0.3) is 4.96 Å². The molecule has 0 saturated heterocycles. The molecule has 0 aliphatic rings. The van der Waals surface area contributed by atoms with Crippen LogP contribution in [0.1, 0.15) is 21.0 Å². The molecule has 7 heteroatoms. The quantitative estimate of drug-likeness (QED) is 0.847. The average molecular weight is 271 g/mol. The third-order valence-corrected chi connectivity index (χ3v) is 2.90. The second-order valence-corrected chi connectivity index (χ2v) is 4.81. The highest BCUT2D eigenvalue weighted by molar-refractivity contribution is 7.15. The van der Waals surface area contributed by atoms with Crippen LogP contribution in [0.4, 0.5) is 4.79 Å². The van der Waals surface area contributed by atoms with Crippen molar-refractivity contribution >= 4 is 22.4 Å². The molecule has 0 saturated carbocycles. The van der Waals surface area contributed by atoms with Crippen LogP contribution in [-0.4, -0.2) is 28.3 Å². The molecule has 18 heavy (non-hydrogen) atoms. The first-order chi connectivity index (χ1) is 8.65. The van der Waals surface area contributed by atoms with E-state index in [1.165, 1.54) is 11.3 Å². The Morgan fingerprint density at radius 2 is 2.50 bits per heavy atom. The van der Waals surface area contributed by atoms with Gasteiger partial charge >= 0.3 is 6.09 Å². The van der Waals surface area contributed by atoms with Gasteiger partial charge < -0.3 is 9.47 Å². The van der Waals surface area contributed by atoms with E-state index in [1.807, 2.05) is 36.0 Å². The van der Waals surface area contributed by atoms with Crippen molar-refractivity contribution in [3.63, 3.8) is 0 Å². The number of imidazole rings is 1. The highest BCUT2D eigenvalue weighted by atomic mass is 32.1. The van der Waals surface area contributed by atoms with Gasteiger partial charge in [0.1, 0.15) is 13.3 Å². The number of alkyl carbamates (subject to hydrolysis) is 1. The van der Waals surface area contributed by atoms with E-state index >= 15 is 0 Å². The zero-order valence-electron chi connectivity index (χ0n) is 10.3. The Hall–Kier alpha value is -1.60. The summed E-state index contributed by atoms with van der Waals surface area (Å²) in [6.07, 6.45) is 3.31. The van der Waals surface area contributed by atoms with Crippen molar-refractivity contribution in [1.29, 1.82) is 0 Å². The van der Waals surface area contributed by atoms with E-state index in [0.29, 0.717) is 0 Å². The zero-order valence-corrected chi connectivity index (χ0v) is 11.1. The molecule has 2 aromatic rings. The van der Waals surface area contributed by atoms with Gasteiger partial charge in [0.25, 0.3) is 0 Å². The number of thiazole rings is 1. The van der Waals surface area contributed by atoms with Gasteiger partial charge in [0, 0.05) is 19.2 Å². The van der Waals surface area contributed by atoms with Crippen LogP contribution in [-0.2, 0) is 16.1 Å². The molecule has 0 radical (unpaired) electrons. The molecule has 1 amide bonds. The molecule has 0 bridgehead atoms. The molecule has 0 aromatic carbocycles. The Bertz CT molecular complexity index is 497. The number of hydrogen-bond donors (Lipinski definition) is 1. The largest absolute Gasteiger partial charge is 0.443 e. The van der Waals surface area contributed by atoms with Crippen molar-refractivity contribution in [1.82, 2.24) is 14.7 Å². The fourth-order valence-corrected chi connectivity index (χ4v) is 2.02. The number of hydrogen-bond acceptors (Lipinski definition) is 5. The molecule has 0 spiro atoms.